The zero-order chi connectivity index (χ0) is 19.8. The number of halogens is 3. The molecule has 0 unspecified atom stereocenters. The minimum Gasteiger partial charge on any atom is -0.493 e. The monoisotopic (exact) mass is 398 g/mol. The van der Waals surface area contributed by atoms with Crippen LogP contribution in [0.1, 0.15) is 18.1 Å². The van der Waals surface area contributed by atoms with E-state index in [0.717, 1.165) is 5.56 Å². The fourth-order valence-electron chi connectivity index (χ4n) is 2.49. The van der Waals surface area contributed by atoms with Gasteiger partial charge in [-0.15, -0.1) is 0 Å². The molecule has 0 heterocycles. The number of alkyl halides is 2. The van der Waals surface area contributed by atoms with E-state index >= 15 is 0 Å². The predicted octanol–water partition coefficient (Wildman–Crippen LogP) is 4.68. The normalized spacial score (nSPS) is 10.6. The summed E-state index contributed by atoms with van der Waals surface area (Å²) in [5.41, 5.74) is 1.52. The fraction of sp³-hybridized carbons (Fsp3) is 0.316. The van der Waals surface area contributed by atoms with E-state index in [0.29, 0.717) is 23.7 Å². The molecule has 0 fully saturated rings. The van der Waals surface area contributed by atoms with Crippen molar-refractivity contribution in [1.82, 2.24) is 10.2 Å². The number of hydrogen-bond donors (Lipinski definition) is 1. The Kier molecular flexibility index (Phi) is 7.67. The number of nitrogens with zero attached hydrogens (tertiary/aromatic N) is 1. The number of carbonyl (C=O) groups excluding carboxylic acids is 1. The van der Waals surface area contributed by atoms with Gasteiger partial charge in [0, 0.05) is 24.7 Å². The summed E-state index contributed by atoms with van der Waals surface area (Å²) in [6, 6.07) is 11.6. The first kappa shape index (κ1) is 20.8. The third-order valence-electron chi connectivity index (χ3n) is 3.82. The maximum absolute atomic E-state index is 12.5. The maximum atomic E-state index is 12.5. The number of rotatable bonds is 8. The molecule has 0 aliphatic heterocycles. The second-order valence-corrected chi connectivity index (χ2v) is 6.10. The number of benzene rings is 2. The molecule has 1 N–H and O–H groups in total. The van der Waals surface area contributed by atoms with Gasteiger partial charge in [-0.3, -0.25) is 0 Å². The molecule has 0 spiro atoms. The zero-order valence-electron chi connectivity index (χ0n) is 15.0. The summed E-state index contributed by atoms with van der Waals surface area (Å²) in [4.78, 5) is 14.0. The first-order valence-corrected chi connectivity index (χ1v) is 8.69. The molecule has 0 saturated carbocycles. The van der Waals surface area contributed by atoms with Crippen molar-refractivity contribution in [2.24, 2.45) is 0 Å². The number of amides is 2. The fourth-order valence-corrected chi connectivity index (χ4v) is 2.70. The molecule has 8 heteroatoms. The van der Waals surface area contributed by atoms with E-state index in [2.05, 4.69) is 10.1 Å². The second kappa shape index (κ2) is 9.97. The smallest absolute Gasteiger partial charge is 0.387 e. The van der Waals surface area contributed by atoms with Crippen LogP contribution in [0.5, 0.6) is 11.5 Å². The lowest BCUT2D eigenvalue weighted by molar-refractivity contribution is -0.0512. The first-order valence-electron chi connectivity index (χ1n) is 8.31. The van der Waals surface area contributed by atoms with Crippen molar-refractivity contribution in [3.05, 3.63) is 58.6 Å². The van der Waals surface area contributed by atoms with E-state index in [4.69, 9.17) is 16.3 Å². The third kappa shape index (κ3) is 6.29. The van der Waals surface area contributed by atoms with Crippen molar-refractivity contribution < 1.29 is 23.0 Å². The molecule has 0 aromatic heterocycles. The topological polar surface area (TPSA) is 50.8 Å². The summed E-state index contributed by atoms with van der Waals surface area (Å²) in [6.07, 6.45) is 0. The highest BCUT2D eigenvalue weighted by Crippen LogP contribution is 2.29. The first-order chi connectivity index (χ1) is 12.9. The molecule has 0 aliphatic carbocycles. The van der Waals surface area contributed by atoms with Crippen LogP contribution in [0.15, 0.2) is 42.5 Å². The highest BCUT2D eigenvalue weighted by Gasteiger charge is 2.14. The van der Waals surface area contributed by atoms with E-state index in [-0.39, 0.29) is 24.1 Å². The Bertz CT molecular complexity index is 774. The number of hydrogen-bond acceptors (Lipinski definition) is 3. The average Bonchev–Trinajstić information content (AvgIpc) is 2.64. The van der Waals surface area contributed by atoms with Crippen LogP contribution in [0.2, 0.25) is 5.02 Å². The van der Waals surface area contributed by atoms with Crippen molar-refractivity contribution >= 4 is 17.6 Å². The lowest BCUT2D eigenvalue weighted by Crippen LogP contribution is -2.39. The number of nitrogens with one attached hydrogen (secondary N) is 1. The number of carbonyl (C=O) groups is 1. The van der Waals surface area contributed by atoms with Crippen molar-refractivity contribution in [3.63, 3.8) is 0 Å². The van der Waals surface area contributed by atoms with Crippen LogP contribution in [-0.2, 0) is 13.1 Å². The lowest BCUT2D eigenvalue weighted by atomic mass is 10.2. The zero-order valence-corrected chi connectivity index (χ0v) is 15.8. The molecule has 2 aromatic carbocycles. The van der Waals surface area contributed by atoms with E-state index in [1.165, 1.54) is 19.2 Å². The largest absolute Gasteiger partial charge is 0.493 e. The van der Waals surface area contributed by atoms with Crippen molar-refractivity contribution in [3.8, 4) is 11.5 Å². The Morgan fingerprint density at radius 1 is 1.19 bits per heavy atom. The van der Waals surface area contributed by atoms with Gasteiger partial charge in [0.25, 0.3) is 0 Å². The lowest BCUT2D eigenvalue weighted by Gasteiger charge is -2.22. The van der Waals surface area contributed by atoms with Gasteiger partial charge >= 0.3 is 12.6 Å². The van der Waals surface area contributed by atoms with Crippen LogP contribution in [-0.4, -0.2) is 31.2 Å². The van der Waals surface area contributed by atoms with Crippen molar-refractivity contribution in [1.29, 1.82) is 0 Å². The molecule has 146 valence electrons. The second-order valence-electron chi connectivity index (χ2n) is 5.67. The standard InChI is InChI=1S/C19H21ClF2N2O3/c1-3-24(12-14-5-4-6-15(20)9-14)19(25)23-11-13-7-8-16(26-2)17(10-13)27-18(21)22/h4-10,18H,3,11-12H2,1-2H3,(H,23,25). The van der Waals surface area contributed by atoms with Crippen molar-refractivity contribution in [2.75, 3.05) is 13.7 Å². The van der Waals surface area contributed by atoms with E-state index in [1.807, 2.05) is 19.1 Å². The summed E-state index contributed by atoms with van der Waals surface area (Å²) in [6.45, 7) is -0.0241. The summed E-state index contributed by atoms with van der Waals surface area (Å²) < 4.78 is 34.5. The predicted molar refractivity (Wildman–Crippen MR) is 99.4 cm³/mol. The SMILES string of the molecule is CCN(Cc1cccc(Cl)c1)C(=O)NCc1ccc(OC)c(OC(F)F)c1. The summed E-state index contributed by atoms with van der Waals surface area (Å²) in [5.74, 6) is 0.118. The Labute approximate surface area is 161 Å². The number of methoxy groups -OCH3 is 1. The molecular weight excluding hydrogens is 378 g/mol. The molecule has 0 saturated heterocycles. The average molecular weight is 399 g/mol. The van der Waals surface area contributed by atoms with Crippen LogP contribution in [0.3, 0.4) is 0 Å². The van der Waals surface area contributed by atoms with Gasteiger partial charge in [0.05, 0.1) is 7.11 Å². The number of ether oxygens (including phenoxy) is 2. The van der Waals surface area contributed by atoms with E-state index < -0.39 is 6.61 Å². The van der Waals surface area contributed by atoms with E-state index in [1.54, 1.807) is 23.1 Å². The van der Waals surface area contributed by atoms with Gasteiger partial charge in [-0.25, -0.2) is 4.79 Å². The molecule has 0 bridgehead atoms. The van der Waals surface area contributed by atoms with Gasteiger partial charge in [0.1, 0.15) is 0 Å². The quantitative estimate of drug-likeness (QED) is 0.702. The molecular formula is C19H21ClF2N2O3. The Morgan fingerprint density at radius 3 is 2.59 bits per heavy atom. The van der Waals surface area contributed by atoms with Crippen LogP contribution >= 0.6 is 11.6 Å². The molecule has 0 atom stereocenters. The van der Waals surface area contributed by atoms with Gasteiger partial charge in [-0.05, 0) is 42.3 Å². The Hall–Kier alpha value is -2.54. The van der Waals surface area contributed by atoms with Gasteiger partial charge in [-0.2, -0.15) is 8.78 Å². The molecule has 5 nitrogen and oxygen atoms in total. The molecule has 0 aliphatic rings. The highest BCUT2D eigenvalue weighted by molar-refractivity contribution is 6.30. The Morgan fingerprint density at radius 2 is 1.96 bits per heavy atom. The van der Waals surface area contributed by atoms with E-state index in [9.17, 15) is 13.6 Å². The van der Waals surface area contributed by atoms with Crippen LogP contribution in [0.4, 0.5) is 13.6 Å². The van der Waals surface area contributed by atoms with Crippen LogP contribution in [0.25, 0.3) is 0 Å². The molecule has 2 amide bonds. The van der Waals surface area contributed by atoms with Gasteiger partial charge in [-0.1, -0.05) is 29.8 Å². The molecule has 2 aromatic rings. The molecule has 27 heavy (non-hydrogen) atoms. The van der Waals surface area contributed by atoms with Crippen molar-refractivity contribution in [2.45, 2.75) is 26.6 Å². The maximum Gasteiger partial charge on any atom is 0.387 e. The summed E-state index contributed by atoms with van der Waals surface area (Å²) >= 11 is 5.97. The van der Waals surface area contributed by atoms with Crippen LogP contribution in [0, 0.1) is 0 Å². The minimum atomic E-state index is -2.96. The minimum absolute atomic E-state index is 0.0782. The van der Waals surface area contributed by atoms with Gasteiger partial charge < -0.3 is 19.7 Å². The third-order valence-corrected chi connectivity index (χ3v) is 4.05. The Balaban J connectivity index is 2.00. The molecule has 0 radical (unpaired) electrons. The molecule has 2 rings (SSSR count). The van der Waals surface area contributed by atoms with Gasteiger partial charge in [0.2, 0.25) is 0 Å². The highest BCUT2D eigenvalue weighted by atomic mass is 35.5. The van der Waals surface area contributed by atoms with Gasteiger partial charge in [0.15, 0.2) is 11.5 Å². The summed E-state index contributed by atoms with van der Waals surface area (Å²) in [5, 5.41) is 3.38. The van der Waals surface area contributed by atoms with Crippen LogP contribution < -0.4 is 14.8 Å². The number of urea groups is 1. The summed E-state index contributed by atoms with van der Waals surface area (Å²) in [7, 11) is 1.37.